The molecule has 0 aliphatic carbocycles. The van der Waals surface area contributed by atoms with Gasteiger partial charge in [0, 0.05) is 25.3 Å². The van der Waals surface area contributed by atoms with Crippen LogP contribution in [0.25, 0.3) is 0 Å². The van der Waals surface area contributed by atoms with E-state index in [0.29, 0.717) is 35.5 Å². The highest BCUT2D eigenvalue weighted by atomic mass is 79.9. The second kappa shape index (κ2) is 10.9. The summed E-state index contributed by atoms with van der Waals surface area (Å²) in [6, 6.07) is 4.17. The van der Waals surface area contributed by atoms with Gasteiger partial charge < -0.3 is 24.4 Å². The van der Waals surface area contributed by atoms with Gasteiger partial charge in [-0.2, -0.15) is 0 Å². The largest absolute Gasteiger partial charge is 0.490 e. The first-order chi connectivity index (χ1) is 14.8. The molecule has 8 nitrogen and oxygen atoms in total. The molecule has 3 rings (SSSR count). The number of halogens is 1. The maximum atomic E-state index is 13.1. The molecule has 2 aliphatic rings. The first kappa shape index (κ1) is 23.5. The SMILES string of the molecule is CC(C)COC(=O)CC1C(=O)NCCN1C(=O)c1ccc(OCC2CCCO2)c(Br)c1. The van der Waals surface area contributed by atoms with Gasteiger partial charge in [-0.3, -0.25) is 14.4 Å². The Bertz CT molecular complexity index is 809. The van der Waals surface area contributed by atoms with E-state index in [1.54, 1.807) is 18.2 Å². The normalized spacial score (nSPS) is 21.2. The van der Waals surface area contributed by atoms with Crippen molar-refractivity contribution in [3.8, 4) is 5.75 Å². The van der Waals surface area contributed by atoms with Crippen LogP contribution in [0.3, 0.4) is 0 Å². The van der Waals surface area contributed by atoms with E-state index in [-0.39, 0.29) is 36.9 Å². The van der Waals surface area contributed by atoms with Gasteiger partial charge in [0.05, 0.1) is 23.6 Å². The van der Waals surface area contributed by atoms with E-state index in [1.165, 1.54) is 4.90 Å². The van der Waals surface area contributed by atoms with Crippen molar-refractivity contribution >= 4 is 33.7 Å². The molecule has 1 aromatic carbocycles. The molecule has 2 aliphatic heterocycles. The number of hydrogen-bond acceptors (Lipinski definition) is 6. The van der Waals surface area contributed by atoms with Crippen molar-refractivity contribution < 1.29 is 28.6 Å². The van der Waals surface area contributed by atoms with Gasteiger partial charge in [0.1, 0.15) is 18.4 Å². The van der Waals surface area contributed by atoms with Crippen LogP contribution < -0.4 is 10.1 Å². The van der Waals surface area contributed by atoms with Crippen molar-refractivity contribution in [2.24, 2.45) is 5.92 Å². The van der Waals surface area contributed by atoms with Gasteiger partial charge in [0.25, 0.3) is 5.91 Å². The molecule has 0 radical (unpaired) electrons. The Kier molecular flexibility index (Phi) is 8.31. The van der Waals surface area contributed by atoms with Crippen LogP contribution in [0, 0.1) is 5.92 Å². The zero-order chi connectivity index (χ0) is 22.4. The smallest absolute Gasteiger partial charge is 0.308 e. The molecule has 0 bridgehead atoms. The van der Waals surface area contributed by atoms with Gasteiger partial charge >= 0.3 is 5.97 Å². The van der Waals surface area contributed by atoms with Crippen LogP contribution in [0.1, 0.15) is 43.5 Å². The lowest BCUT2D eigenvalue weighted by Crippen LogP contribution is -2.57. The fraction of sp³-hybridized carbons (Fsp3) is 0.591. The molecule has 2 unspecified atom stereocenters. The first-order valence-electron chi connectivity index (χ1n) is 10.6. The van der Waals surface area contributed by atoms with Crippen LogP contribution in [0.2, 0.25) is 0 Å². The van der Waals surface area contributed by atoms with E-state index in [0.717, 1.165) is 19.4 Å². The number of esters is 1. The highest BCUT2D eigenvalue weighted by Gasteiger charge is 2.35. The highest BCUT2D eigenvalue weighted by Crippen LogP contribution is 2.28. The monoisotopic (exact) mass is 496 g/mol. The van der Waals surface area contributed by atoms with Gasteiger partial charge in [-0.25, -0.2) is 0 Å². The van der Waals surface area contributed by atoms with E-state index < -0.39 is 12.0 Å². The quantitative estimate of drug-likeness (QED) is 0.555. The highest BCUT2D eigenvalue weighted by molar-refractivity contribution is 9.10. The van der Waals surface area contributed by atoms with Gasteiger partial charge in [-0.1, -0.05) is 13.8 Å². The zero-order valence-corrected chi connectivity index (χ0v) is 19.5. The molecule has 2 amide bonds. The molecule has 2 fully saturated rings. The van der Waals surface area contributed by atoms with Crippen molar-refractivity contribution in [2.45, 2.75) is 45.3 Å². The van der Waals surface area contributed by atoms with Crippen LogP contribution >= 0.6 is 15.9 Å². The van der Waals surface area contributed by atoms with Gasteiger partial charge in [0.2, 0.25) is 5.91 Å². The lowest BCUT2D eigenvalue weighted by atomic mass is 10.1. The Hall–Kier alpha value is -2.13. The molecular formula is C22H29BrN2O6. The standard InChI is InChI=1S/C22H29BrN2O6/c1-14(2)12-31-20(26)11-18-21(27)24-7-8-25(18)22(28)15-5-6-19(17(23)10-15)30-13-16-4-3-9-29-16/h5-6,10,14,16,18H,3-4,7-9,11-13H2,1-2H3,(H,24,27). The summed E-state index contributed by atoms with van der Waals surface area (Å²) in [5.74, 6) is -0.343. The average Bonchev–Trinajstić information content (AvgIpc) is 3.26. The summed E-state index contributed by atoms with van der Waals surface area (Å²) < 4.78 is 17.2. The van der Waals surface area contributed by atoms with Gasteiger partial charge in [-0.15, -0.1) is 0 Å². The lowest BCUT2D eigenvalue weighted by molar-refractivity contribution is -0.148. The number of nitrogens with one attached hydrogen (secondary N) is 1. The van der Waals surface area contributed by atoms with Crippen LogP contribution in [0.4, 0.5) is 0 Å². The third-order valence-electron chi connectivity index (χ3n) is 5.16. The van der Waals surface area contributed by atoms with Crippen molar-refractivity contribution in [2.75, 3.05) is 32.9 Å². The van der Waals surface area contributed by atoms with E-state index >= 15 is 0 Å². The number of piperazine rings is 1. The second-order valence-electron chi connectivity index (χ2n) is 8.18. The molecule has 170 valence electrons. The Morgan fingerprint density at radius 3 is 2.84 bits per heavy atom. The number of ether oxygens (including phenoxy) is 3. The maximum absolute atomic E-state index is 13.1. The molecule has 0 spiro atoms. The molecule has 2 heterocycles. The summed E-state index contributed by atoms with van der Waals surface area (Å²) in [5, 5.41) is 2.72. The minimum atomic E-state index is -0.893. The maximum Gasteiger partial charge on any atom is 0.308 e. The van der Waals surface area contributed by atoms with Crippen molar-refractivity contribution in [1.29, 1.82) is 0 Å². The van der Waals surface area contributed by atoms with Crippen LogP contribution in [-0.2, 0) is 19.1 Å². The number of nitrogens with zero attached hydrogens (tertiary/aromatic N) is 1. The topological polar surface area (TPSA) is 94.2 Å². The van der Waals surface area contributed by atoms with Crippen LogP contribution in [-0.4, -0.2) is 67.7 Å². The molecule has 2 atom stereocenters. The van der Waals surface area contributed by atoms with Crippen LogP contribution in [0.5, 0.6) is 5.75 Å². The Labute approximate surface area is 190 Å². The van der Waals surface area contributed by atoms with Gasteiger partial charge in [0.15, 0.2) is 0 Å². The molecular weight excluding hydrogens is 468 g/mol. The number of rotatable bonds is 8. The summed E-state index contributed by atoms with van der Waals surface area (Å²) in [7, 11) is 0. The summed E-state index contributed by atoms with van der Waals surface area (Å²) in [5.41, 5.74) is 0.409. The predicted molar refractivity (Wildman–Crippen MR) is 117 cm³/mol. The van der Waals surface area contributed by atoms with E-state index in [2.05, 4.69) is 21.2 Å². The zero-order valence-electron chi connectivity index (χ0n) is 17.9. The Balaban J connectivity index is 1.66. The summed E-state index contributed by atoms with van der Waals surface area (Å²) in [4.78, 5) is 39.1. The molecule has 1 aromatic rings. The number of carbonyl (C=O) groups excluding carboxylic acids is 3. The number of hydrogen-bond donors (Lipinski definition) is 1. The second-order valence-corrected chi connectivity index (χ2v) is 9.03. The Morgan fingerprint density at radius 2 is 2.16 bits per heavy atom. The van der Waals surface area contributed by atoms with Crippen molar-refractivity contribution in [3.05, 3.63) is 28.2 Å². The molecule has 1 N–H and O–H groups in total. The third kappa shape index (κ3) is 6.43. The minimum Gasteiger partial charge on any atom is -0.490 e. The molecule has 0 saturated carbocycles. The summed E-state index contributed by atoms with van der Waals surface area (Å²) >= 11 is 3.46. The van der Waals surface area contributed by atoms with E-state index in [4.69, 9.17) is 14.2 Å². The van der Waals surface area contributed by atoms with E-state index in [9.17, 15) is 14.4 Å². The van der Waals surface area contributed by atoms with Crippen molar-refractivity contribution in [3.63, 3.8) is 0 Å². The van der Waals surface area contributed by atoms with Crippen molar-refractivity contribution in [1.82, 2.24) is 10.2 Å². The first-order valence-corrected chi connectivity index (χ1v) is 11.4. The van der Waals surface area contributed by atoms with E-state index in [1.807, 2.05) is 13.8 Å². The predicted octanol–water partition coefficient (Wildman–Crippen LogP) is 2.54. The third-order valence-corrected chi connectivity index (χ3v) is 5.78. The minimum absolute atomic E-state index is 0.0938. The molecule has 2 saturated heterocycles. The molecule has 0 aromatic heterocycles. The number of carbonyl (C=O) groups is 3. The fourth-order valence-corrected chi connectivity index (χ4v) is 4.01. The number of amides is 2. The van der Waals surface area contributed by atoms with Crippen LogP contribution in [0.15, 0.2) is 22.7 Å². The fourth-order valence-electron chi connectivity index (χ4n) is 3.51. The summed E-state index contributed by atoms with van der Waals surface area (Å²) in [6.45, 7) is 6.02. The lowest BCUT2D eigenvalue weighted by Gasteiger charge is -2.34. The number of benzene rings is 1. The van der Waals surface area contributed by atoms with Gasteiger partial charge in [-0.05, 0) is 52.9 Å². The molecule has 31 heavy (non-hydrogen) atoms. The summed E-state index contributed by atoms with van der Waals surface area (Å²) in [6.07, 6.45) is 1.94. The average molecular weight is 497 g/mol. The molecule has 9 heteroatoms. The Morgan fingerprint density at radius 1 is 1.35 bits per heavy atom.